The summed E-state index contributed by atoms with van der Waals surface area (Å²) in [6.45, 7) is 1.93. The summed E-state index contributed by atoms with van der Waals surface area (Å²) in [4.78, 5) is 11.7. The Morgan fingerprint density at radius 3 is 2.42 bits per heavy atom. The van der Waals surface area contributed by atoms with Crippen LogP contribution in [0.5, 0.6) is 5.75 Å². The number of rotatable bonds is 6. The molecule has 1 fully saturated rings. The van der Waals surface area contributed by atoms with Gasteiger partial charge in [-0.2, -0.15) is 0 Å². The van der Waals surface area contributed by atoms with Gasteiger partial charge < -0.3 is 9.84 Å². The standard InChI is InChI=1S/C18H22O5S/c1-2-3-13-23-15-9-11-16(12-10-15)24(21,22)17(18(19)20)14-7-5-4-6-8-14/h9-12,14,17H,4-8,13H2,1H3,(H,19,20). The highest BCUT2D eigenvalue weighted by atomic mass is 32.2. The predicted molar refractivity (Wildman–Crippen MR) is 90.6 cm³/mol. The van der Waals surface area contributed by atoms with Crippen molar-refractivity contribution in [2.24, 2.45) is 5.92 Å². The quantitative estimate of drug-likeness (QED) is 0.798. The van der Waals surface area contributed by atoms with Crippen LogP contribution in [0, 0.1) is 17.8 Å². The fourth-order valence-corrected chi connectivity index (χ4v) is 4.94. The Balaban J connectivity index is 2.22. The highest BCUT2D eigenvalue weighted by Crippen LogP contribution is 2.33. The lowest BCUT2D eigenvalue weighted by Gasteiger charge is -2.27. The number of hydrogen-bond acceptors (Lipinski definition) is 4. The van der Waals surface area contributed by atoms with Gasteiger partial charge in [-0.15, -0.1) is 5.92 Å². The lowest BCUT2D eigenvalue weighted by molar-refractivity contribution is -0.137. The molecule has 1 saturated carbocycles. The van der Waals surface area contributed by atoms with Crippen molar-refractivity contribution in [1.29, 1.82) is 0 Å². The van der Waals surface area contributed by atoms with Crippen LogP contribution in [0.25, 0.3) is 0 Å². The lowest BCUT2D eigenvalue weighted by atomic mass is 9.87. The molecule has 0 aromatic heterocycles. The van der Waals surface area contributed by atoms with Crippen molar-refractivity contribution < 1.29 is 23.1 Å². The van der Waals surface area contributed by atoms with Gasteiger partial charge in [-0.3, -0.25) is 4.79 Å². The highest BCUT2D eigenvalue weighted by molar-refractivity contribution is 7.92. The Morgan fingerprint density at radius 2 is 1.88 bits per heavy atom. The van der Waals surface area contributed by atoms with Crippen LogP contribution < -0.4 is 4.74 Å². The third kappa shape index (κ3) is 4.30. The first-order valence-electron chi connectivity index (χ1n) is 8.06. The maximum Gasteiger partial charge on any atom is 0.322 e. The zero-order valence-electron chi connectivity index (χ0n) is 13.7. The molecule has 5 nitrogen and oxygen atoms in total. The van der Waals surface area contributed by atoms with Crippen molar-refractivity contribution in [1.82, 2.24) is 0 Å². The molecule has 0 amide bonds. The Hall–Kier alpha value is -2.00. The van der Waals surface area contributed by atoms with Crippen molar-refractivity contribution in [3.05, 3.63) is 24.3 Å². The molecule has 6 heteroatoms. The van der Waals surface area contributed by atoms with Crippen LogP contribution in [-0.4, -0.2) is 31.4 Å². The molecular formula is C18H22O5S. The summed E-state index contributed by atoms with van der Waals surface area (Å²) in [6.07, 6.45) is 4.10. The summed E-state index contributed by atoms with van der Waals surface area (Å²) >= 11 is 0. The number of benzene rings is 1. The van der Waals surface area contributed by atoms with E-state index < -0.39 is 21.1 Å². The molecule has 0 saturated heterocycles. The second-order valence-electron chi connectivity index (χ2n) is 5.89. The average Bonchev–Trinajstić information content (AvgIpc) is 2.56. The normalized spacial score (nSPS) is 16.7. The van der Waals surface area contributed by atoms with Crippen LogP contribution >= 0.6 is 0 Å². The molecule has 1 aliphatic rings. The summed E-state index contributed by atoms with van der Waals surface area (Å²) in [7, 11) is -3.92. The Labute approximate surface area is 142 Å². The van der Waals surface area contributed by atoms with Crippen molar-refractivity contribution in [3.8, 4) is 17.6 Å². The van der Waals surface area contributed by atoms with Gasteiger partial charge in [0.15, 0.2) is 15.1 Å². The summed E-state index contributed by atoms with van der Waals surface area (Å²) in [5.74, 6) is 4.37. The van der Waals surface area contributed by atoms with E-state index in [1.165, 1.54) is 24.3 Å². The van der Waals surface area contributed by atoms with Crippen molar-refractivity contribution >= 4 is 15.8 Å². The average molecular weight is 350 g/mol. The molecule has 1 aromatic carbocycles. The molecule has 1 atom stereocenters. The van der Waals surface area contributed by atoms with E-state index in [0.717, 1.165) is 19.3 Å². The first kappa shape index (κ1) is 18.3. The number of hydrogen-bond donors (Lipinski definition) is 1. The van der Waals surface area contributed by atoms with Gasteiger partial charge >= 0.3 is 5.97 Å². The highest BCUT2D eigenvalue weighted by Gasteiger charge is 2.40. The Bertz CT molecular complexity index is 719. The zero-order valence-corrected chi connectivity index (χ0v) is 14.5. The Morgan fingerprint density at radius 1 is 1.25 bits per heavy atom. The summed E-state index contributed by atoms with van der Waals surface area (Å²) < 4.78 is 31.0. The summed E-state index contributed by atoms with van der Waals surface area (Å²) in [5, 5.41) is 8.12. The smallest absolute Gasteiger partial charge is 0.322 e. The van der Waals surface area contributed by atoms with Crippen molar-refractivity contribution in [2.75, 3.05) is 6.61 Å². The molecule has 1 aromatic rings. The van der Waals surface area contributed by atoms with Crippen molar-refractivity contribution in [3.63, 3.8) is 0 Å². The number of carboxylic acids is 1. The molecule has 1 N–H and O–H groups in total. The lowest BCUT2D eigenvalue weighted by Crippen LogP contribution is -2.38. The first-order chi connectivity index (χ1) is 11.5. The van der Waals surface area contributed by atoms with Crippen LogP contribution in [0.15, 0.2) is 29.2 Å². The molecule has 1 unspecified atom stereocenters. The van der Waals surface area contributed by atoms with Gasteiger partial charge in [0.05, 0.1) is 4.90 Å². The fraction of sp³-hybridized carbons (Fsp3) is 0.500. The maximum atomic E-state index is 12.8. The van der Waals surface area contributed by atoms with E-state index >= 15 is 0 Å². The van der Waals surface area contributed by atoms with Gasteiger partial charge in [0, 0.05) is 0 Å². The maximum absolute atomic E-state index is 12.8. The Kier molecular flexibility index (Phi) is 6.27. The number of ether oxygens (including phenoxy) is 1. The first-order valence-corrected chi connectivity index (χ1v) is 9.60. The van der Waals surface area contributed by atoms with Gasteiger partial charge in [-0.1, -0.05) is 25.2 Å². The molecule has 0 bridgehead atoms. The van der Waals surface area contributed by atoms with Gasteiger partial charge in [-0.25, -0.2) is 8.42 Å². The van der Waals surface area contributed by atoms with Crippen LogP contribution in [0.3, 0.4) is 0 Å². The topological polar surface area (TPSA) is 80.7 Å². The number of sulfone groups is 1. The van der Waals surface area contributed by atoms with Crippen LogP contribution in [0.4, 0.5) is 0 Å². The van der Waals surface area contributed by atoms with E-state index in [9.17, 15) is 18.3 Å². The summed E-state index contributed by atoms with van der Waals surface area (Å²) in [5.41, 5.74) is 0. The third-order valence-electron chi connectivity index (χ3n) is 4.30. The zero-order chi connectivity index (χ0) is 17.6. The van der Waals surface area contributed by atoms with E-state index in [1.807, 2.05) is 0 Å². The minimum atomic E-state index is -3.92. The van der Waals surface area contributed by atoms with E-state index in [-0.39, 0.29) is 17.4 Å². The summed E-state index contributed by atoms with van der Waals surface area (Å²) in [6, 6.07) is 5.87. The molecule has 0 aliphatic heterocycles. The molecule has 24 heavy (non-hydrogen) atoms. The largest absolute Gasteiger partial charge is 0.481 e. The molecule has 0 spiro atoms. The number of aliphatic carboxylic acids is 1. The second kappa shape index (κ2) is 8.20. The van der Waals surface area contributed by atoms with Gasteiger partial charge in [0.1, 0.15) is 12.4 Å². The second-order valence-corrected chi connectivity index (χ2v) is 7.96. The third-order valence-corrected chi connectivity index (χ3v) is 6.48. The van der Waals surface area contributed by atoms with E-state index in [0.29, 0.717) is 18.6 Å². The monoisotopic (exact) mass is 350 g/mol. The van der Waals surface area contributed by atoms with E-state index in [1.54, 1.807) is 6.92 Å². The van der Waals surface area contributed by atoms with E-state index in [4.69, 9.17) is 4.74 Å². The van der Waals surface area contributed by atoms with Crippen molar-refractivity contribution in [2.45, 2.75) is 49.2 Å². The minimum Gasteiger partial charge on any atom is -0.481 e. The molecule has 0 radical (unpaired) electrons. The van der Waals surface area contributed by atoms with Gasteiger partial charge in [-0.05, 0) is 49.9 Å². The molecular weight excluding hydrogens is 328 g/mol. The molecule has 0 heterocycles. The van der Waals surface area contributed by atoms with Crippen LogP contribution in [0.1, 0.15) is 39.0 Å². The van der Waals surface area contributed by atoms with Gasteiger partial charge in [0.2, 0.25) is 0 Å². The van der Waals surface area contributed by atoms with E-state index in [2.05, 4.69) is 11.8 Å². The van der Waals surface area contributed by atoms with Crippen LogP contribution in [-0.2, 0) is 14.6 Å². The van der Waals surface area contributed by atoms with Crippen LogP contribution in [0.2, 0.25) is 0 Å². The molecule has 1 aliphatic carbocycles. The van der Waals surface area contributed by atoms with Gasteiger partial charge in [0.25, 0.3) is 0 Å². The molecule has 130 valence electrons. The number of carboxylic acid groups (broad SMARTS) is 1. The number of carbonyl (C=O) groups is 1. The fourth-order valence-electron chi connectivity index (χ4n) is 3.09. The minimum absolute atomic E-state index is 0.0226. The SMILES string of the molecule is CC#CCOc1ccc(S(=O)(=O)C(C(=O)O)C2CCCCC2)cc1. The predicted octanol–water partition coefficient (Wildman–Crippen LogP) is 2.90. The molecule has 2 rings (SSSR count).